The predicted octanol–water partition coefficient (Wildman–Crippen LogP) is 2.13. The summed E-state index contributed by atoms with van der Waals surface area (Å²) in [6.45, 7) is 3.38. The van der Waals surface area contributed by atoms with E-state index < -0.39 is 0 Å². The molecule has 0 aromatic heterocycles. The standard InChI is InChI=1S/C27H32N2O7/c30-10-12-34-14-16-35-15-13-33-11-9-28-24(31)8-6-19-5-7-21-20(17-19)18-36-26(21)25-22-3-1-2-4-23(22)29-27(25)32/h1-5,7,17,30H,6,8-16,18H2,(H,28,31)(H,29,32). The summed E-state index contributed by atoms with van der Waals surface area (Å²) in [7, 11) is 0. The van der Waals surface area contributed by atoms with Crippen LogP contribution < -0.4 is 10.6 Å². The molecule has 192 valence electrons. The fourth-order valence-corrected chi connectivity index (χ4v) is 4.14. The number of para-hydroxylation sites is 1. The molecule has 2 aliphatic heterocycles. The Balaban J connectivity index is 1.17. The van der Waals surface area contributed by atoms with Crippen LogP contribution in [0, 0.1) is 0 Å². The summed E-state index contributed by atoms with van der Waals surface area (Å²) in [5.41, 5.74) is 5.20. The highest BCUT2D eigenvalue weighted by Crippen LogP contribution is 2.41. The second-order valence-corrected chi connectivity index (χ2v) is 8.39. The van der Waals surface area contributed by atoms with Gasteiger partial charge in [0, 0.05) is 35.3 Å². The minimum Gasteiger partial charge on any atom is -0.487 e. The molecule has 0 aliphatic carbocycles. The van der Waals surface area contributed by atoms with E-state index in [1.54, 1.807) is 0 Å². The molecule has 9 nitrogen and oxygen atoms in total. The molecule has 2 aromatic carbocycles. The lowest BCUT2D eigenvalue weighted by atomic mass is 9.98. The number of nitrogens with one attached hydrogen (secondary N) is 2. The lowest BCUT2D eigenvalue weighted by Gasteiger charge is -2.08. The van der Waals surface area contributed by atoms with Crippen LogP contribution >= 0.6 is 0 Å². The number of rotatable bonds is 14. The van der Waals surface area contributed by atoms with Gasteiger partial charge in [-0.05, 0) is 18.1 Å². The molecule has 0 spiro atoms. The van der Waals surface area contributed by atoms with E-state index in [0.29, 0.717) is 77.0 Å². The third-order valence-electron chi connectivity index (χ3n) is 5.87. The largest absolute Gasteiger partial charge is 0.487 e. The highest BCUT2D eigenvalue weighted by Gasteiger charge is 2.32. The number of aliphatic hydroxyl groups excluding tert-OH is 1. The number of aryl methyl sites for hydroxylation is 1. The fraction of sp³-hybridized carbons (Fsp3) is 0.407. The monoisotopic (exact) mass is 496 g/mol. The van der Waals surface area contributed by atoms with Crippen LogP contribution in [0.1, 0.15) is 28.7 Å². The van der Waals surface area contributed by atoms with Crippen LogP contribution in [-0.4, -0.2) is 69.7 Å². The van der Waals surface area contributed by atoms with Gasteiger partial charge in [0.15, 0.2) is 0 Å². The van der Waals surface area contributed by atoms with Crippen molar-refractivity contribution in [3.05, 3.63) is 64.7 Å². The van der Waals surface area contributed by atoms with Gasteiger partial charge >= 0.3 is 0 Å². The Morgan fingerprint density at radius 3 is 2.53 bits per heavy atom. The summed E-state index contributed by atoms with van der Waals surface area (Å²) in [4.78, 5) is 24.8. The highest BCUT2D eigenvalue weighted by atomic mass is 16.5. The Morgan fingerprint density at radius 1 is 0.972 bits per heavy atom. The first kappa shape index (κ1) is 25.8. The first-order chi connectivity index (χ1) is 17.7. The fourth-order valence-electron chi connectivity index (χ4n) is 4.14. The number of amides is 2. The van der Waals surface area contributed by atoms with E-state index in [1.165, 1.54) is 0 Å². The summed E-state index contributed by atoms with van der Waals surface area (Å²) >= 11 is 0. The van der Waals surface area contributed by atoms with Crippen molar-refractivity contribution in [2.24, 2.45) is 0 Å². The van der Waals surface area contributed by atoms with Crippen molar-refractivity contribution in [3.8, 4) is 0 Å². The Labute approximate surface area is 210 Å². The molecule has 9 heteroatoms. The van der Waals surface area contributed by atoms with Crippen LogP contribution in [0.4, 0.5) is 5.69 Å². The van der Waals surface area contributed by atoms with Gasteiger partial charge in [0.1, 0.15) is 12.4 Å². The molecule has 0 atom stereocenters. The molecule has 0 saturated carbocycles. The third kappa shape index (κ3) is 6.70. The van der Waals surface area contributed by atoms with Crippen LogP contribution in [0.3, 0.4) is 0 Å². The first-order valence-corrected chi connectivity index (χ1v) is 12.2. The second-order valence-electron chi connectivity index (χ2n) is 8.39. The molecule has 4 rings (SSSR count). The summed E-state index contributed by atoms with van der Waals surface area (Å²) < 4.78 is 21.8. The summed E-state index contributed by atoms with van der Waals surface area (Å²) in [5, 5.41) is 14.4. The number of anilines is 1. The van der Waals surface area contributed by atoms with Gasteiger partial charge in [-0.25, -0.2) is 0 Å². The highest BCUT2D eigenvalue weighted by molar-refractivity contribution is 6.36. The topological polar surface area (TPSA) is 115 Å². The molecule has 0 radical (unpaired) electrons. The zero-order chi connectivity index (χ0) is 25.2. The lowest BCUT2D eigenvalue weighted by molar-refractivity contribution is -0.121. The van der Waals surface area contributed by atoms with Crippen LogP contribution in [0.25, 0.3) is 11.3 Å². The molecular formula is C27H32N2O7. The Morgan fingerprint density at radius 2 is 1.72 bits per heavy atom. The van der Waals surface area contributed by atoms with Crippen LogP contribution in [-0.2, 0) is 41.6 Å². The van der Waals surface area contributed by atoms with E-state index >= 15 is 0 Å². The van der Waals surface area contributed by atoms with Gasteiger partial charge in [-0.1, -0.05) is 36.4 Å². The van der Waals surface area contributed by atoms with Gasteiger partial charge in [-0.2, -0.15) is 0 Å². The van der Waals surface area contributed by atoms with Gasteiger partial charge in [-0.15, -0.1) is 0 Å². The van der Waals surface area contributed by atoms with E-state index in [-0.39, 0.29) is 18.4 Å². The number of carbonyl (C=O) groups excluding carboxylic acids is 2. The zero-order valence-electron chi connectivity index (χ0n) is 20.2. The van der Waals surface area contributed by atoms with Gasteiger partial charge in [0.05, 0.1) is 51.8 Å². The number of hydrogen-bond acceptors (Lipinski definition) is 7. The minimum absolute atomic E-state index is 0.00734. The SMILES string of the molecule is O=C(CCc1ccc2c(c1)COC2=C1C(=O)Nc2ccccc21)NCCOCCOCCOCCO. The molecule has 3 N–H and O–H groups in total. The second kappa shape index (κ2) is 13.2. The van der Waals surface area contributed by atoms with E-state index in [0.717, 1.165) is 27.9 Å². The van der Waals surface area contributed by atoms with Crippen LogP contribution in [0.2, 0.25) is 0 Å². The van der Waals surface area contributed by atoms with Crippen molar-refractivity contribution in [1.82, 2.24) is 5.32 Å². The predicted molar refractivity (Wildman–Crippen MR) is 134 cm³/mol. The van der Waals surface area contributed by atoms with Gasteiger partial charge in [-0.3, -0.25) is 9.59 Å². The number of fused-ring (bicyclic) bond motifs is 2. The van der Waals surface area contributed by atoms with Gasteiger partial charge in [0.2, 0.25) is 5.91 Å². The average molecular weight is 497 g/mol. The number of benzene rings is 2. The van der Waals surface area contributed by atoms with Crippen molar-refractivity contribution in [2.75, 3.05) is 58.1 Å². The third-order valence-corrected chi connectivity index (χ3v) is 5.87. The maximum absolute atomic E-state index is 12.6. The molecule has 2 aromatic rings. The first-order valence-electron chi connectivity index (χ1n) is 12.2. The van der Waals surface area contributed by atoms with E-state index in [9.17, 15) is 9.59 Å². The molecule has 2 amide bonds. The number of aliphatic hydroxyl groups is 1. The summed E-state index contributed by atoms with van der Waals surface area (Å²) in [6, 6.07) is 13.6. The Hall–Kier alpha value is -3.24. The van der Waals surface area contributed by atoms with E-state index in [2.05, 4.69) is 10.6 Å². The normalized spacial score (nSPS) is 15.9. The molecule has 0 unspecified atom stereocenters. The lowest BCUT2D eigenvalue weighted by Crippen LogP contribution is -2.27. The molecule has 0 bridgehead atoms. The van der Waals surface area contributed by atoms with Crippen molar-refractivity contribution in [2.45, 2.75) is 19.4 Å². The molecule has 36 heavy (non-hydrogen) atoms. The summed E-state index contributed by atoms with van der Waals surface area (Å²) in [6.07, 6.45) is 0.988. The number of ether oxygens (including phenoxy) is 4. The van der Waals surface area contributed by atoms with Gasteiger partial charge in [0.25, 0.3) is 5.91 Å². The van der Waals surface area contributed by atoms with Crippen molar-refractivity contribution in [1.29, 1.82) is 0 Å². The minimum atomic E-state index is -0.153. The smallest absolute Gasteiger partial charge is 0.260 e. The Kier molecular flexibility index (Phi) is 9.46. The molecule has 2 aliphatic rings. The number of carbonyl (C=O) groups is 2. The molecule has 0 saturated heterocycles. The van der Waals surface area contributed by atoms with Gasteiger partial charge < -0.3 is 34.7 Å². The molecule has 0 fully saturated rings. The van der Waals surface area contributed by atoms with E-state index in [1.807, 2.05) is 42.5 Å². The van der Waals surface area contributed by atoms with E-state index in [4.69, 9.17) is 24.1 Å². The Bertz CT molecular complexity index is 1100. The van der Waals surface area contributed by atoms with Crippen molar-refractivity contribution in [3.63, 3.8) is 0 Å². The zero-order valence-corrected chi connectivity index (χ0v) is 20.2. The van der Waals surface area contributed by atoms with Crippen LogP contribution in [0.5, 0.6) is 0 Å². The summed E-state index contributed by atoms with van der Waals surface area (Å²) in [5.74, 6) is 0.423. The maximum atomic E-state index is 12.6. The number of hydrogen-bond donors (Lipinski definition) is 3. The average Bonchev–Trinajstić information content (AvgIpc) is 3.45. The maximum Gasteiger partial charge on any atom is 0.260 e. The van der Waals surface area contributed by atoms with Crippen molar-refractivity contribution < 1.29 is 33.6 Å². The molecule has 2 heterocycles. The van der Waals surface area contributed by atoms with Crippen molar-refractivity contribution >= 4 is 28.8 Å². The van der Waals surface area contributed by atoms with Crippen LogP contribution in [0.15, 0.2) is 42.5 Å². The molecular weight excluding hydrogens is 464 g/mol. The quantitative estimate of drug-likeness (QED) is 0.271.